The number of para-hydroxylation sites is 1. The van der Waals surface area contributed by atoms with Crippen molar-refractivity contribution in [3.8, 4) is 22.3 Å². The molecule has 0 radical (unpaired) electrons. The molecule has 0 amide bonds. The maximum atomic E-state index is 2.39. The maximum Gasteiger partial charge on any atom is 0.0473 e. The van der Waals surface area contributed by atoms with Gasteiger partial charge < -0.3 is 4.90 Å². The second-order valence-electron chi connectivity index (χ2n) is 11.0. The zero-order valence-electron chi connectivity index (χ0n) is 23.7. The Morgan fingerprint density at radius 2 is 0.651 bits per heavy atom. The average Bonchev–Trinajstić information content (AvgIpc) is 3.10. The van der Waals surface area contributed by atoms with Gasteiger partial charge in [0.15, 0.2) is 0 Å². The first-order valence-corrected chi connectivity index (χ1v) is 14.8. The molecule has 0 bridgehead atoms. The highest BCUT2D eigenvalue weighted by atomic mass is 15.1. The van der Waals surface area contributed by atoms with Crippen LogP contribution in [0.1, 0.15) is 0 Å². The fraction of sp³-hybridized carbons (Fsp3) is 0. The van der Waals surface area contributed by atoms with Crippen LogP contribution in [0.2, 0.25) is 0 Å². The lowest BCUT2D eigenvalue weighted by Crippen LogP contribution is -2.10. The van der Waals surface area contributed by atoms with Gasteiger partial charge in [-0.2, -0.15) is 0 Å². The maximum absolute atomic E-state index is 2.39. The summed E-state index contributed by atoms with van der Waals surface area (Å²) >= 11 is 0. The van der Waals surface area contributed by atoms with Crippen LogP contribution in [0.5, 0.6) is 0 Å². The van der Waals surface area contributed by atoms with Crippen LogP contribution in [0.4, 0.5) is 17.1 Å². The minimum Gasteiger partial charge on any atom is -0.310 e. The molecule has 0 unspecified atom stereocenters. The standard InChI is InChI=1S/C42H29N/c1-4-14-30(15-5-1)32-26-33(31-16-6-2-7-17-31)28-36(27-32)43(34-18-8-3-9-19-34)35-24-25-41-39-22-11-10-20-37(39)38-21-12-13-23-40(38)42(41)29-35/h1-29H. The molecule has 0 aliphatic carbocycles. The van der Waals surface area contributed by atoms with E-state index in [0.717, 1.165) is 17.1 Å². The molecule has 0 spiro atoms. The third-order valence-corrected chi connectivity index (χ3v) is 8.39. The first-order chi connectivity index (χ1) is 21.3. The van der Waals surface area contributed by atoms with E-state index in [-0.39, 0.29) is 0 Å². The fourth-order valence-electron chi connectivity index (χ4n) is 6.39. The Kier molecular flexibility index (Phi) is 6.20. The van der Waals surface area contributed by atoms with Crippen LogP contribution < -0.4 is 4.90 Å². The number of nitrogens with zero attached hydrogens (tertiary/aromatic N) is 1. The largest absolute Gasteiger partial charge is 0.310 e. The summed E-state index contributed by atoms with van der Waals surface area (Å²) in [5.74, 6) is 0. The van der Waals surface area contributed by atoms with Crippen molar-refractivity contribution in [3.05, 3.63) is 176 Å². The van der Waals surface area contributed by atoms with E-state index in [4.69, 9.17) is 0 Å². The van der Waals surface area contributed by atoms with Crippen molar-refractivity contribution in [2.45, 2.75) is 0 Å². The van der Waals surface area contributed by atoms with Crippen molar-refractivity contribution >= 4 is 49.4 Å². The second-order valence-corrected chi connectivity index (χ2v) is 11.0. The second kappa shape index (κ2) is 10.6. The van der Waals surface area contributed by atoms with Gasteiger partial charge in [-0.25, -0.2) is 0 Å². The Morgan fingerprint density at radius 1 is 0.233 bits per heavy atom. The molecule has 0 aliphatic heterocycles. The number of fused-ring (bicyclic) bond motifs is 6. The van der Waals surface area contributed by atoms with Crippen molar-refractivity contribution < 1.29 is 0 Å². The molecule has 0 aliphatic rings. The Labute approximate surface area is 251 Å². The number of anilines is 3. The molecule has 8 aromatic carbocycles. The SMILES string of the molecule is c1ccc(-c2cc(-c3ccccc3)cc(N(c3ccccc3)c3ccc4c5ccccc5c5ccccc5c4c3)c2)cc1. The van der Waals surface area contributed by atoms with Gasteiger partial charge >= 0.3 is 0 Å². The van der Waals surface area contributed by atoms with Crippen LogP contribution >= 0.6 is 0 Å². The van der Waals surface area contributed by atoms with Gasteiger partial charge in [0.25, 0.3) is 0 Å². The van der Waals surface area contributed by atoms with Crippen LogP contribution in [-0.2, 0) is 0 Å². The smallest absolute Gasteiger partial charge is 0.0473 e. The van der Waals surface area contributed by atoms with Crippen LogP contribution in [0, 0.1) is 0 Å². The Balaban J connectivity index is 1.41. The molecule has 1 nitrogen and oxygen atoms in total. The summed E-state index contributed by atoms with van der Waals surface area (Å²) in [7, 11) is 0. The average molecular weight is 548 g/mol. The van der Waals surface area contributed by atoms with E-state index < -0.39 is 0 Å². The molecule has 1 heteroatoms. The van der Waals surface area contributed by atoms with Crippen molar-refractivity contribution in [1.29, 1.82) is 0 Å². The summed E-state index contributed by atoms with van der Waals surface area (Å²) in [6, 6.07) is 63.5. The van der Waals surface area contributed by atoms with Crippen molar-refractivity contribution in [3.63, 3.8) is 0 Å². The van der Waals surface area contributed by atoms with Crippen LogP contribution in [-0.4, -0.2) is 0 Å². The quantitative estimate of drug-likeness (QED) is 0.194. The Morgan fingerprint density at radius 3 is 1.16 bits per heavy atom. The van der Waals surface area contributed by atoms with E-state index in [1.807, 2.05) is 0 Å². The predicted octanol–water partition coefficient (Wildman–Crippen LogP) is 11.9. The van der Waals surface area contributed by atoms with Crippen LogP contribution in [0.25, 0.3) is 54.6 Å². The molecule has 0 N–H and O–H groups in total. The Hall–Kier alpha value is -5.66. The van der Waals surface area contributed by atoms with Crippen LogP contribution in [0.15, 0.2) is 176 Å². The third-order valence-electron chi connectivity index (χ3n) is 8.39. The summed E-state index contributed by atoms with van der Waals surface area (Å²) in [5.41, 5.74) is 8.15. The van der Waals surface area contributed by atoms with E-state index in [1.165, 1.54) is 54.6 Å². The summed E-state index contributed by atoms with van der Waals surface area (Å²) in [4.78, 5) is 2.39. The lowest BCUT2D eigenvalue weighted by atomic mass is 9.93. The number of rotatable bonds is 5. The van der Waals surface area contributed by atoms with Crippen LogP contribution in [0.3, 0.4) is 0 Å². The lowest BCUT2D eigenvalue weighted by Gasteiger charge is -2.27. The molecule has 0 saturated carbocycles. The minimum absolute atomic E-state index is 1.12. The normalized spacial score (nSPS) is 11.3. The fourth-order valence-corrected chi connectivity index (χ4v) is 6.39. The lowest BCUT2D eigenvalue weighted by molar-refractivity contribution is 1.29. The van der Waals surface area contributed by atoms with Gasteiger partial charge in [-0.1, -0.05) is 133 Å². The summed E-state index contributed by atoms with van der Waals surface area (Å²) in [5, 5.41) is 7.66. The van der Waals surface area contributed by atoms with E-state index in [0.29, 0.717) is 0 Å². The van der Waals surface area contributed by atoms with Gasteiger partial charge in [0, 0.05) is 17.1 Å². The molecule has 202 valence electrons. The highest BCUT2D eigenvalue weighted by molar-refractivity contribution is 6.25. The van der Waals surface area contributed by atoms with Gasteiger partial charge in [0.1, 0.15) is 0 Å². The summed E-state index contributed by atoms with van der Waals surface area (Å²) in [6.45, 7) is 0. The van der Waals surface area contributed by atoms with Gasteiger partial charge in [-0.05, 0) is 97.0 Å². The first kappa shape index (κ1) is 25.1. The molecule has 0 atom stereocenters. The zero-order valence-corrected chi connectivity index (χ0v) is 23.7. The Bertz CT molecular complexity index is 2130. The van der Waals surface area contributed by atoms with Gasteiger partial charge in [-0.3, -0.25) is 0 Å². The molecule has 8 aromatic rings. The van der Waals surface area contributed by atoms with E-state index in [9.17, 15) is 0 Å². The molecular weight excluding hydrogens is 518 g/mol. The molecule has 43 heavy (non-hydrogen) atoms. The number of hydrogen-bond donors (Lipinski definition) is 0. The molecule has 0 heterocycles. The first-order valence-electron chi connectivity index (χ1n) is 14.8. The van der Waals surface area contributed by atoms with E-state index >= 15 is 0 Å². The van der Waals surface area contributed by atoms with Crippen molar-refractivity contribution in [2.24, 2.45) is 0 Å². The number of hydrogen-bond acceptors (Lipinski definition) is 1. The highest BCUT2D eigenvalue weighted by Gasteiger charge is 2.17. The summed E-state index contributed by atoms with van der Waals surface area (Å²) in [6.07, 6.45) is 0. The number of benzene rings is 8. The van der Waals surface area contributed by atoms with Crippen molar-refractivity contribution in [1.82, 2.24) is 0 Å². The van der Waals surface area contributed by atoms with E-state index in [1.54, 1.807) is 0 Å². The van der Waals surface area contributed by atoms with Gasteiger partial charge in [-0.15, -0.1) is 0 Å². The van der Waals surface area contributed by atoms with Crippen molar-refractivity contribution in [2.75, 3.05) is 4.90 Å². The third kappa shape index (κ3) is 4.52. The predicted molar refractivity (Wildman–Crippen MR) is 185 cm³/mol. The summed E-state index contributed by atoms with van der Waals surface area (Å²) < 4.78 is 0. The monoisotopic (exact) mass is 547 g/mol. The molecular formula is C42H29N. The van der Waals surface area contributed by atoms with Gasteiger partial charge in [0.05, 0.1) is 0 Å². The van der Waals surface area contributed by atoms with Gasteiger partial charge in [0.2, 0.25) is 0 Å². The van der Waals surface area contributed by atoms with E-state index in [2.05, 4.69) is 181 Å². The topological polar surface area (TPSA) is 3.24 Å². The minimum atomic E-state index is 1.12. The highest BCUT2D eigenvalue weighted by Crippen LogP contribution is 2.42. The zero-order chi connectivity index (χ0) is 28.6. The molecule has 0 saturated heterocycles. The molecule has 0 fully saturated rings. The molecule has 8 rings (SSSR count). The molecule has 0 aromatic heterocycles.